The molecular weight excluding hydrogens is 306 g/mol. The van der Waals surface area contributed by atoms with Crippen LogP contribution in [0.25, 0.3) is 0 Å². The molecule has 2 aromatic rings. The van der Waals surface area contributed by atoms with Gasteiger partial charge in [0, 0.05) is 13.0 Å². The van der Waals surface area contributed by atoms with Gasteiger partial charge in [0.15, 0.2) is 0 Å². The minimum Gasteiger partial charge on any atom is -0.493 e. The fourth-order valence-corrected chi connectivity index (χ4v) is 2.75. The Morgan fingerprint density at radius 1 is 1.08 bits per heavy atom. The fourth-order valence-electron chi connectivity index (χ4n) is 2.75. The number of fused-ring (bicyclic) bond motifs is 1. The molecule has 0 bridgehead atoms. The molecule has 5 heteroatoms. The number of carbonyl (C=O) groups is 2. The van der Waals surface area contributed by atoms with Crippen LogP contribution in [0.15, 0.2) is 42.5 Å². The zero-order valence-corrected chi connectivity index (χ0v) is 13.2. The largest absolute Gasteiger partial charge is 0.493 e. The molecule has 0 radical (unpaired) electrons. The van der Waals surface area contributed by atoms with E-state index in [1.807, 2.05) is 12.1 Å². The van der Waals surface area contributed by atoms with Crippen LogP contribution in [0.1, 0.15) is 27.0 Å². The zero-order valence-electron chi connectivity index (χ0n) is 13.2. The molecule has 1 heterocycles. The first kappa shape index (κ1) is 16.1. The van der Waals surface area contributed by atoms with E-state index in [1.54, 1.807) is 12.1 Å². The van der Waals surface area contributed by atoms with Crippen molar-refractivity contribution < 1.29 is 19.4 Å². The number of hydrogen-bond acceptors (Lipinski definition) is 3. The lowest BCUT2D eigenvalue weighted by Crippen LogP contribution is -2.27. The van der Waals surface area contributed by atoms with E-state index in [2.05, 4.69) is 11.4 Å². The van der Waals surface area contributed by atoms with Gasteiger partial charge in [-0.05, 0) is 41.3 Å². The molecule has 0 aliphatic carbocycles. The first-order valence-corrected chi connectivity index (χ1v) is 7.95. The molecule has 0 fully saturated rings. The second-order valence-corrected chi connectivity index (χ2v) is 5.82. The molecule has 5 nitrogen and oxygen atoms in total. The normalized spacial score (nSPS) is 12.3. The highest BCUT2D eigenvalue weighted by atomic mass is 16.5. The van der Waals surface area contributed by atoms with Gasteiger partial charge in [0.05, 0.1) is 18.6 Å². The van der Waals surface area contributed by atoms with Gasteiger partial charge in [0.1, 0.15) is 5.75 Å². The van der Waals surface area contributed by atoms with Gasteiger partial charge in [-0.1, -0.05) is 24.3 Å². The fraction of sp³-hybridized carbons (Fsp3) is 0.263. The van der Waals surface area contributed by atoms with Gasteiger partial charge in [-0.2, -0.15) is 0 Å². The van der Waals surface area contributed by atoms with Crippen molar-refractivity contribution in [1.29, 1.82) is 0 Å². The number of rotatable bonds is 6. The van der Waals surface area contributed by atoms with Gasteiger partial charge < -0.3 is 15.2 Å². The van der Waals surface area contributed by atoms with Crippen LogP contribution in [0.5, 0.6) is 5.75 Å². The van der Waals surface area contributed by atoms with Crippen molar-refractivity contribution in [3.63, 3.8) is 0 Å². The molecule has 0 saturated heterocycles. The molecule has 0 spiro atoms. The van der Waals surface area contributed by atoms with Crippen molar-refractivity contribution in [2.45, 2.75) is 19.3 Å². The van der Waals surface area contributed by atoms with Crippen LogP contribution in [0.4, 0.5) is 0 Å². The summed E-state index contributed by atoms with van der Waals surface area (Å²) >= 11 is 0. The summed E-state index contributed by atoms with van der Waals surface area (Å²) in [6, 6.07) is 12.5. The number of carboxylic acids is 1. The Balaban J connectivity index is 1.46. The highest BCUT2D eigenvalue weighted by molar-refractivity contribution is 5.87. The average molecular weight is 325 g/mol. The van der Waals surface area contributed by atoms with Gasteiger partial charge >= 0.3 is 5.97 Å². The summed E-state index contributed by atoms with van der Waals surface area (Å²) in [5, 5.41) is 11.8. The monoisotopic (exact) mass is 325 g/mol. The number of ether oxygens (including phenoxy) is 1. The summed E-state index contributed by atoms with van der Waals surface area (Å²) in [6.45, 7) is 1.32. The maximum absolute atomic E-state index is 12.0. The van der Waals surface area contributed by atoms with Crippen molar-refractivity contribution in [2.24, 2.45) is 0 Å². The van der Waals surface area contributed by atoms with Crippen LogP contribution in [0.3, 0.4) is 0 Å². The molecule has 3 rings (SSSR count). The number of carbonyl (C=O) groups excluding carboxylic acids is 1. The number of aromatic carboxylic acids is 1. The first-order chi connectivity index (χ1) is 11.6. The minimum absolute atomic E-state index is 0.0671. The quantitative estimate of drug-likeness (QED) is 0.854. The maximum Gasteiger partial charge on any atom is 0.335 e. The lowest BCUT2D eigenvalue weighted by atomic mass is 10.1. The molecule has 24 heavy (non-hydrogen) atoms. The van der Waals surface area contributed by atoms with E-state index < -0.39 is 5.97 Å². The van der Waals surface area contributed by atoms with Crippen LogP contribution >= 0.6 is 0 Å². The molecule has 0 unspecified atom stereocenters. The molecule has 1 amide bonds. The van der Waals surface area contributed by atoms with Gasteiger partial charge in [0.25, 0.3) is 0 Å². The lowest BCUT2D eigenvalue weighted by Gasteiger charge is -2.07. The van der Waals surface area contributed by atoms with E-state index in [9.17, 15) is 9.59 Å². The highest BCUT2D eigenvalue weighted by Crippen LogP contribution is 2.25. The Bertz CT molecular complexity index is 752. The van der Waals surface area contributed by atoms with Crippen LogP contribution in [-0.4, -0.2) is 30.1 Å². The molecular formula is C19H19NO4. The van der Waals surface area contributed by atoms with Crippen molar-refractivity contribution in [2.75, 3.05) is 13.2 Å². The predicted octanol–water partition coefficient (Wildman–Crippen LogP) is 2.22. The smallest absolute Gasteiger partial charge is 0.335 e. The Morgan fingerprint density at radius 2 is 1.83 bits per heavy atom. The van der Waals surface area contributed by atoms with E-state index in [0.29, 0.717) is 6.54 Å². The van der Waals surface area contributed by atoms with E-state index in [0.717, 1.165) is 30.8 Å². The second-order valence-electron chi connectivity index (χ2n) is 5.82. The number of nitrogens with one attached hydrogen (secondary N) is 1. The van der Waals surface area contributed by atoms with Crippen molar-refractivity contribution >= 4 is 11.9 Å². The topological polar surface area (TPSA) is 75.6 Å². The molecule has 0 atom stereocenters. The van der Waals surface area contributed by atoms with Crippen molar-refractivity contribution in [1.82, 2.24) is 5.32 Å². The van der Waals surface area contributed by atoms with Crippen LogP contribution in [0, 0.1) is 0 Å². The Hall–Kier alpha value is -2.82. The summed E-state index contributed by atoms with van der Waals surface area (Å²) in [5.74, 6) is -0.0686. The van der Waals surface area contributed by atoms with E-state index in [1.165, 1.54) is 23.3 Å². The van der Waals surface area contributed by atoms with Gasteiger partial charge in [-0.15, -0.1) is 0 Å². The minimum atomic E-state index is -0.967. The molecule has 2 aromatic carbocycles. The second kappa shape index (κ2) is 7.17. The number of carboxylic acid groups (broad SMARTS) is 1. The predicted molar refractivity (Wildman–Crippen MR) is 89.5 cm³/mol. The third-order valence-corrected chi connectivity index (χ3v) is 4.06. The van der Waals surface area contributed by atoms with Crippen molar-refractivity contribution in [3.8, 4) is 5.75 Å². The number of amides is 1. The van der Waals surface area contributed by atoms with Gasteiger partial charge in [-0.3, -0.25) is 4.79 Å². The first-order valence-electron chi connectivity index (χ1n) is 7.95. The Kier molecular flexibility index (Phi) is 4.79. The SMILES string of the molecule is O=C(Cc1ccc(C(=O)O)cc1)NCCc1ccc2c(c1)CCO2. The van der Waals surface area contributed by atoms with Crippen LogP contribution in [0.2, 0.25) is 0 Å². The van der Waals surface area contributed by atoms with E-state index in [-0.39, 0.29) is 17.9 Å². The summed E-state index contributed by atoms with van der Waals surface area (Å²) < 4.78 is 5.48. The molecule has 1 aliphatic rings. The Labute approximate surface area is 140 Å². The maximum atomic E-state index is 12.0. The standard InChI is InChI=1S/C19H19NO4/c21-18(12-13-1-4-15(5-2-13)19(22)23)20-9-7-14-3-6-17-16(11-14)8-10-24-17/h1-6,11H,7-10,12H2,(H,20,21)(H,22,23). The number of hydrogen-bond donors (Lipinski definition) is 2. The molecule has 124 valence electrons. The summed E-state index contributed by atoms with van der Waals surface area (Å²) in [5.41, 5.74) is 3.44. The van der Waals surface area contributed by atoms with E-state index >= 15 is 0 Å². The highest BCUT2D eigenvalue weighted by Gasteiger charge is 2.12. The molecule has 0 aromatic heterocycles. The zero-order chi connectivity index (χ0) is 16.9. The van der Waals surface area contributed by atoms with Gasteiger partial charge in [-0.25, -0.2) is 4.79 Å². The average Bonchev–Trinajstić information content (AvgIpc) is 3.03. The van der Waals surface area contributed by atoms with Crippen LogP contribution in [-0.2, 0) is 24.1 Å². The van der Waals surface area contributed by atoms with E-state index in [4.69, 9.17) is 9.84 Å². The molecule has 2 N–H and O–H groups in total. The third kappa shape index (κ3) is 3.93. The van der Waals surface area contributed by atoms with Gasteiger partial charge in [0.2, 0.25) is 5.91 Å². The summed E-state index contributed by atoms with van der Waals surface area (Å²) in [7, 11) is 0. The molecule has 0 saturated carbocycles. The summed E-state index contributed by atoms with van der Waals surface area (Å²) in [4.78, 5) is 22.8. The van der Waals surface area contributed by atoms with Crippen molar-refractivity contribution in [3.05, 3.63) is 64.7 Å². The number of benzene rings is 2. The third-order valence-electron chi connectivity index (χ3n) is 4.06. The summed E-state index contributed by atoms with van der Waals surface area (Å²) in [6.07, 6.45) is 1.97. The lowest BCUT2D eigenvalue weighted by molar-refractivity contribution is -0.120. The molecule has 1 aliphatic heterocycles. The Morgan fingerprint density at radius 3 is 2.58 bits per heavy atom. The van der Waals surface area contributed by atoms with Crippen LogP contribution < -0.4 is 10.1 Å².